The summed E-state index contributed by atoms with van der Waals surface area (Å²) in [5.74, 6) is 1.15. The quantitative estimate of drug-likeness (QED) is 0.392. The molecule has 0 N–H and O–H groups in total. The molecule has 0 aromatic heterocycles. The molecule has 0 unspecified atom stereocenters. The fourth-order valence-corrected chi connectivity index (χ4v) is 3.68. The average molecular weight is 228 g/mol. The molecule has 0 fully saturated rings. The molecule has 0 rings (SSSR count). The molecule has 0 radical (unpaired) electrons. The second kappa shape index (κ2) is 7.22. The lowest BCUT2D eigenvalue weighted by Crippen LogP contribution is -2.43. The third-order valence-corrected chi connectivity index (χ3v) is 5.03. The van der Waals surface area contributed by atoms with Crippen LogP contribution in [0.15, 0.2) is 0 Å². The van der Waals surface area contributed by atoms with Crippen LogP contribution in [0.1, 0.15) is 6.42 Å². The molecule has 0 heterocycles. The SMILES string of the molecule is CO[Si](CCCS)(OC)OCS. The first kappa shape index (κ1) is 12.8. The van der Waals surface area contributed by atoms with Crippen LogP contribution < -0.4 is 0 Å². The fraction of sp³-hybridized carbons (Fsp3) is 1.00. The van der Waals surface area contributed by atoms with Gasteiger partial charge in [-0.05, 0) is 12.2 Å². The highest BCUT2D eigenvalue weighted by atomic mass is 32.1. The third-order valence-electron chi connectivity index (χ3n) is 1.55. The van der Waals surface area contributed by atoms with E-state index in [0.29, 0.717) is 5.94 Å². The molecule has 0 atom stereocenters. The van der Waals surface area contributed by atoms with Gasteiger partial charge in [-0.15, -0.1) is 0 Å². The van der Waals surface area contributed by atoms with Crippen molar-refractivity contribution >= 4 is 34.1 Å². The van der Waals surface area contributed by atoms with E-state index in [1.54, 1.807) is 14.2 Å². The monoisotopic (exact) mass is 228 g/mol. The fourth-order valence-electron chi connectivity index (χ4n) is 0.871. The highest BCUT2D eigenvalue weighted by Gasteiger charge is 2.37. The van der Waals surface area contributed by atoms with E-state index in [1.165, 1.54) is 0 Å². The summed E-state index contributed by atoms with van der Waals surface area (Å²) in [6.45, 7) is 0. The zero-order valence-corrected chi connectivity index (χ0v) is 10.2. The second-order valence-corrected chi connectivity index (χ2v) is 5.87. The van der Waals surface area contributed by atoms with Gasteiger partial charge in [0.1, 0.15) is 0 Å². The first-order valence-electron chi connectivity index (χ1n) is 3.70. The van der Waals surface area contributed by atoms with Crippen LogP contribution in [0.2, 0.25) is 6.04 Å². The van der Waals surface area contributed by atoms with Crippen molar-refractivity contribution in [2.75, 3.05) is 25.9 Å². The summed E-state index contributed by atoms with van der Waals surface area (Å²) in [5, 5.41) is 0. The molecule has 0 amide bonds. The topological polar surface area (TPSA) is 27.7 Å². The lowest BCUT2D eigenvalue weighted by molar-refractivity contribution is 0.118. The second-order valence-electron chi connectivity index (χ2n) is 2.19. The summed E-state index contributed by atoms with van der Waals surface area (Å²) in [5.41, 5.74) is 0. The molecule has 12 heavy (non-hydrogen) atoms. The van der Waals surface area contributed by atoms with E-state index in [0.717, 1.165) is 18.2 Å². The molecule has 0 aliphatic carbocycles. The number of rotatable bonds is 7. The van der Waals surface area contributed by atoms with Gasteiger partial charge in [0.25, 0.3) is 0 Å². The van der Waals surface area contributed by atoms with Gasteiger partial charge in [-0.25, -0.2) is 0 Å². The highest BCUT2D eigenvalue weighted by molar-refractivity contribution is 7.80. The van der Waals surface area contributed by atoms with Gasteiger partial charge in [0.2, 0.25) is 0 Å². The Labute approximate surface area is 86.0 Å². The van der Waals surface area contributed by atoms with E-state index in [-0.39, 0.29) is 0 Å². The molecule has 0 aromatic carbocycles. The van der Waals surface area contributed by atoms with E-state index in [1.807, 2.05) is 0 Å². The first-order valence-corrected chi connectivity index (χ1v) is 6.90. The Hall–Kier alpha value is 0.797. The van der Waals surface area contributed by atoms with E-state index >= 15 is 0 Å². The maximum absolute atomic E-state index is 5.35. The van der Waals surface area contributed by atoms with Gasteiger partial charge in [0.15, 0.2) is 0 Å². The average Bonchev–Trinajstić information content (AvgIpc) is 2.13. The van der Waals surface area contributed by atoms with Crippen molar-refractivity contribution in [1.29, 1.82) is 0 Å². The van der Waals surface area contributed by atoms with Gasteiger partial charge in [-0.2, -0.15) is 25.3 Å². The molecule has 0 aliphatic rings. The van der Waals surface area contributed by atoms with Crippen LogP contribution in [0.25, 0.3) is 0 Å². The summed E-state index contributed by atoms with van der Waals surface area (Å²) in [6, 6.07) is 0.796. The van der Waals surface area contributed by atoms with Crippen LogP contribution in [0, 0.1) is 0 Å². The van der Waals surface area contributed by atoms with Gasteiger partial charge >= 0.3 is 8.80 Å². The molecule has 0 saturated heterocycles. The molecule has 74 valence electrons. The maximum Gasteiger partial charge on any atom is 0.501 e. The Bertz CT molecular complexity index is 111. The van der Waals surface area contributed by atoms with E-state index < -0.39 is 8.80 Å². The molecule has 0 aliphatic heterocycles. The number of thiol groups is 2. The van der Waals surface area contributed by atoms with Crippen molar-refractivity contribution in [3.63, 3.8) is 0 Å². The van der Waals surface area contributed by atoms with Crippen molar-refractivity contribution in [2.45, 2.75) is 12.5 Å². The van der Waals surface area contributed by atoms with Crippen LogP contribution in [0.5, 0.6) is 0 Å². The molecule has 0 bridgehead atoms. The van der Waals surface area contributed by atoms with Crippen LogP contribution >= 0.6 is 25.3 Å². The summed E-state index contributed by atoms with van der Waals surface area (Å²) >= 11 is 8.09. The van der Waals surface area contributed by atoms with Gasteiger partial charge in [-0.3, -0.25) is 0 Å². The van der Waals surface area contributed by atoms with Gasteiger partial charge in [0.05, 0.1) is 5.94 Å². The minimum absolute atomic E-state index is 0.334. The van der Waals surface area contributed by atoms with Crippen molar-refractivity contribution in [3.8, 4) is 0 Å². The Balaban J connectivity index is 3.95. The van der Waals surface area contributed by atoms with Crippen molar-refractivity contribution in [3.05, 3.63) is 0 Å². The Kier molecular flexibility index (Phi) is 7.70. The zero-order valence-electron chi connectivity index (χ0n) is 7.45. The van der Waals surface area contributed by atoms with Crippen LogP contribution in [-0.4, -0.2) is 34.7 Å². The molecule has 6 heteroatoms. The predicted octanol–water partition coefficient (Wildman–Crippen LogP) is 1.44. The molecular formula is C6H16O3S2Si. The van der Waals surface area contributed by atoms with E-state index in [4.69, 9.17) is 13.3 Å². The largest absolute Gasteiger partial charge is 0.501 e. The predicted molar refractivity (Wildman–Crippen MR) is 58.0 cm³/mol. The number of hydrogen-bond donors (Lipinski definition) is 2. The summed E-state index contributed by atoms with van der Waals surface area (Å²) in [7, 11) is 0.828. The normalized spacial score (nSPS) is 12.0. The molecule has 0 aromatic rings. The van der Waals surface area contributed by atoms with Gasteiger partial charge in [-0.1, -0.05) is 0 Å². The van der Waals surface area contributed by atoms with Crippen molar-refractivity contribution < 1.29 is 13.3 Å². The van der Waals surface area contributed by atoms with Crippen LogP contribution in [-0.2, 0) is 13.3 Å². The Morgan fingerprint density at radius 1 is 1.17 bits per heavy atom. The summed E-state index contributed by atoms with van der Waals surface area (Å²) < 4.78 is 15.8. The Morgan fingerprint density at radius 2 is 1.75 bits per heavy atom. The van der Waals surface area contributed by atoms with E-state index in [2.05, 4.69) is 25.3 Å². The standard InChI is InChI=1S/C6H16O3S2Si/c1-7-12(8-2,9-6-11)5-3-4-10/h10-11H,3-6H2,1-2H3. The zero-order chi connectivity index (χ0) is 9.45. The van der Waals surface area contributed by atoms with Crippen molar-refractivity contribution in [1.82, 2.24) is 0 Å². The third kappa shape index (κ3) is 4.15. The minimum Gasteiger partial charge on any atom is -0.377 e. The summed E-state index contributed by atoms with van der Waals surface area (Å²) in [6.07, 6.45) is 0.935. The Morgan fingerprint density at radius 3 is 2.08 bits per heavy atom. The molecule has 3 nitrogen and oxygen atoms in total. The molecular weight excluding hydrogens is 212 g/mol. The smallest absolute Gasteiger partial charge is 0.377 e. The van der Waals surface area contributed by atoms with Gasteiger partial charge in [0, 0.05) is 20.3 Å². The molecule has 0 spiro atoms. The van der Waals surface area contributed by atoms with Crippen molar-refractivity contribution in [2.24, 2.45) is 0 Å². The lowest BCUT2D eigenvalue weighted by Gasteiger charge is -2.25. The minimum atomic E-state index is -2.39. The highest BCUT2D eigenvalue weighted by Crippen LogP contribution is 2.16. The summed E-state index contributed by atoms with van der Waals surface area (Å²) in [4.78, 5) is 0. The maximum atomic E-state index is 5.35. The van der Waals surface area contributed by atoms with Crippen LogP contribution in [0.4, 0.5) is 0 Å². The van der Waals surface area contributed by atoms with Gasteiger partial charge < -0.3 is 13.3 Å². The van der Waals surface area contributed by atoms with E-state index in [9.17, 15) is 0 Å². The number of hydrogen-bond acceptors (Lipinski definition) is 5. The van der Waals surface area contributed by atoms with Crippen LogP contribution in [0.3, 0.4) is 0 Å². The lowest BCUT2D eigenvalue weighted by atomic mass is 10.6. The molecule has 0 saturated carbocycles. The first-order chi connectivity index (χ1) is 5.74.